The molecule has 2 N–H and O–H groups in total. The number of fused-ring (bicyclic) bond motifs is 2. The summed E-state index contributed by atoms with van der Waals surface area (Å²) in [6, 6.07) is 8.49. The van der Waals surface area contributed by atoms with Gasteiger partial charge in [-0.05, 0) is 67.7 Å². The van der Waals surface area contributed by atoms with Crippen LogP contribution in [-0.2, 0) is 4.79 Å². The number of amides is 1. The average Bonchev–Trinajstić information content (AvgIpc) is 3.40. The Balaban J connectivity index is 1.21. The molecule has 8 nitrogen and oxygen atoms in total. The first-order chi connectivity index (χ1) is 17.3. The van der Waals surface area contributed by atoms with Crippen molar-refractivity contribution in [3.05, 3.63) is 70.2 Å². The van der Waals surface area contributed by atoms with Crippen molar-refractivity contribution in [3.63, 3.8) is 0 Å². The monoisotopic (exact) mass is 488 g/mol. The van der Waals surface area contributed by atoms with E-state index in [1.165, 1.54) is 12.1 Å². The molecule has 0 bridgehead atoms. The summed E-state index contributed by atoms with van der Waals surface area (Å²) >= 11 is 0. The molecule has 1 amide bonds. The molecule has 9 heteroatoms. The lowest BCUT2D eigenvalue weighted by Gasteiger charge is -2.40. The maximum atomic E-state index is 13.8. The molecule has 1 aliphatic carbocycles. The fraction of sp³-hybridized carbons (Fsp3) is 0.407. The molecule has 0 radical (unpaired) electrons. The van der Waals surface area contributed by atoms with Gasteiger partial charge in [-0.25, -0.2) is 14.2 Å². The van der Waals surface area contributed by atoms with Crippen molar-refractivity contribution >= 4 is 28.5 Å². The summed E-state index contributed by atoms with van der Waals surface area (Å²) in [4.78, 5) is 39.4. The zero-order valence-corrected chi connectivity index (χ0v) is 20.4. The molecule has 0 saturated heterocycles. The van der Waals surface area contributed by atoms with Crippen molar-refractivity contribution in [1.29, 1.82) is 0 Å². The second-order valence-electron chi connectivity index (χ2n) is 10.4. The first-order valence-electron chi connectivity index (χ1n) is 12.5. The SMILES string of the molecule is CC1CN(C(=O)C2=NCNC(C3(C)CCC(n4c(=O)[nH]c5ncccc54)CC3)=C2)c2ccc(F)cc21. The second-order valence-corrected chi connectivity index (χ2v) is 10.4. The molecular formula is C27H29FN6O2. The number of anilines is 1. The van der Waals surface area contributed by atoms with Crippen molar-refractivity contribution in [2.75, 3.05) is 18.1 Å². The Morgan fingerprint density at radius 1 is 1.22 bits per heavy atom. The maximum Gasteiger partial charge on any atom is 0.327 e. The number of H-pyrrole nitrogens is 1. The molecule has 3 aromatic rings. The standard InChI is InChI=1S/C27H29FN6O2/c1-16-14-33(21-6-5-17(28)12-19(16)21)25(35)20-13-23(31-15-30-20)27(2)9-7-18(8-10-27)34-22-4-3-11-29-24(22)32-26(34)36/h3-6,11-13,16,18,31H,7-10,14-15H2,1-2H3,(H,29,32,36). The Bertz CT molecular complexity index is 1480. The number of carbonyl (C=O) groups excluding carboxylic acids is 1. The van der Waals surface area contributed by atoms with Crippen LogP contribution in [0.25, 0.3) is 11.2 Å². The van der Waals surface area contributed by atoms with Gasteiger partial charge in [-0.15, -0.1) is 0 Å². The molecular weight excluding hydrogens is 459 g/mol. The summed E-state index contributed by atoms with van der Waals surface area (Å²) < 4.78 is 15.6. The smallest absolute Gasteiger partial charge is 0.327 e. The number of hydrogen-bond donors (Lipinski definition) is 2. The number of imidazole rings is 1. The maximum absolute atomic E-state index is 13.8. The van der Waals surface area contributed by atoms with Crippen molar-refractivity contribution in [3.8, 4) is 0 Å². The largest absolute Gasteiger partial charge is 0.369 e. The van der Waals surface area contributed by atoms with Crippen LogP contribution >= 0.6 is 0 Å². The molecule has 36 heavy (non-hydrogen) atoms. The number of aromatic amines is 1. The minimum absolute atomic E-state index is 0.0707. The van der Waals surface area contributed by atoms with E-state index in [0.717, 1.165) is 48.1 Å². The number of nitrogens with one attached hydrogen (secondary N) is 2. The molecule has 3 aliphatic rings. The van der Waals surface area contributed by atoms with Crippen LogP contribution in [0.4, 0.5) is 10.1 Å². The Hall–Kier alpha value is -3.75. The third-order valence-corrected chi connectivity index (χ3v) is 8.10. The minimum Gasteiger partial charge on any atom is -0.369 e. The summed E-state index contributed by atoms with van der Waals surface area (Å²) in [6.07, 6.45) is 7.02. The van der Waals surface area contributed by atoms with Gasteiger partial charge in [0.2, 0.25) is 0 Å². The van der Waals surface area contributed by atoms with Crippen LogP contribution in [-0.4, -0.2) is 39.4 Å². The molecule has 1 unspecified atom stereocenters. The highest BCUT2D eigenvalue weighted by atomic mass is 19.1. The Kier molecular flexibility index (Phi) is 5.31. The van der Waals surface area contributed by atoms with E-state index in [1.54, 1.807) is 17.2 Å². The Morgan fingerprint density at radius 2 is 2.03 bits per heavy atom. The number of aliphatic imine (C=N–C) groups is 1. The molecule has 186 valence electrons. The quantitative estimate of drug-likeness (QED) is 0.582. The predicted octanol–water partition coefficient (Wildman–Crippen LogP) is 4.02. The fourth-order valence-corrected chi connectivity index (χ4v) is 6.02. The highest BCUT2D eigenvalue weighted by molar-refractivity contribution is 6.48. The van der Waals surface area contributed by atoms with Gasteiger partial charge >= 0.3 is 5.69 Å². The summed E-state index contributed by atoms with van der Waals surface area (Å²) in [6.45, 7) is 5.08. The number of nitrogens with zero attached hydrogens (tertiary/aromatic N) is 4. The van der Waals surface area contributed by atoms with Gasteiger partial charge < -0.3 is 10.2 Å². The average molecular weight is 489 g/mol. The topological polar surface area (TPSA) is 95.4 Å². The van der Waals surface area contributed by atoms with Gasteiger partial charge in [-0.2, -0.15) is 0 Å². The van der Waals surface area contributed by atoms with E-state index in [1.807, 2.05) is 29.7 Å². The van der Waals surface area contributed by atoms with Crippen LogP contribution in [0.15, 0.2) is 58.1 Å². The number of halogens is 1. The van der Waals surface area contributed by atoms with E-state index in [0.29, 0.717) is 24.6 Å². The number of hydrogen-bond acceptors (Lipinski definition) is 5. The van der Waals surface area contributed by atoms with Crippen LogP contribution in [0, 0.1) is 11.2 Å². The van der Waals surface area contributed by atoms with E-state index in [2.05, 4.69) is 27.2 Å². The van der Waals surface area contributed by atoms with Gasteiger partial charge in [-0.3, -0.25) is 19.3 Å². The van der Waals surface area contributed by atoms with Crippen LogP contribution < -0.4 is 15.9 Å². The van der Waals surface area contributed by atoms with Crippen LogP contribution in [0.2, 0.25) is 0 Å². The molecule has 2 aromatic heterocycles. The van der Waals surface area contributed by atoms with E-state index in [9.17, 15) is 14.0 Å². The number of allylic oxidation sites excluding steroid dienone is 1. The number of pyridine rings is 1. The fourth-order valence-electron chi connectivity index (χ4n) is 6.02. The summed E-state index contributed by atoms with van der Waals surface area (Å²) in [5.41, 5.74) is 4.25. The zero-order valence-electron chi connectivity index (χ0n) is 20.4. The second kappa shape index (κ2) is 8.43. The number of aromatic nitrogens is 3. The van der Waals surface area contributed by atoms with Crippen LogP contribution in [0.5, 0.6) is 0 Å². The lowest BCUT2D eigenvalue weighted by atomic mass is 9.71. The van der Waals surface area contributed by atoms with E-state index in [-0.39, 0.29) is 34.8 Å². The summed E-state index contributed by atoms with van der Waals surface area (Å²) in [7, 11) is 0. The zero-order chi connectivity index (χ0) is 25.0. The van der Waals surface area contributed by atoms with Gasteiger partial charge in [0, 0.05) is 41.5 Å². The molecule has 6 rings (SSSR count). The first kappa shape index (κ1) is 22.7. The highest BCUT2D eigenvalue weighted by Crippen LogP contribution is 2.45. The normalized spacial score (nSPS) is 25.8. The van der Waals surface area contributed by atoms with E-state index in [4.69, 9.17) is 0 Å². The molecule has 1 aromatic carbocycles. The van der Waals surface area contributed by atoms with Crippen molar-refractivity contribution < 1.29 is 9.18 Å². The lowest BCUT2D eigenvalue weighted by molar-refractivity contribution is -0.112. The molecule has 1 saturated carbocycles. The minimum atomic E-state index is -0.286. The van der Waals surface area contributed by atoms with Crippen LogP contribution in [0.3, 0.4) is 0 Å². The molecule has 1 atom stereocenters. The lowest BCUT2D eigenvalue weighted by Crippen LogP contribution is -2.41. The van der Waals surface area contributed by atoms with Crippen molar-refractivity contribution in [2.24, 2.45) is 10.4 Å². The summed E-state index contributed by atoms with van der Waals surface area (Å²) in [5.74, 6) is -0.367. The van der Waals surface area contributed by atoms with Crippen LogP contribution in [0.1, 0.15) is 57.1 Å². The molecule has 2 aliphatic heterocycles. The van der Waals surface area contributed by atoms with E-state index < -0.39 is 0 Å². The number of carbonyl (C=O) groups is 1. The predicted molar refractivity (Wildman–Crippen MR) is 137 cm³/mol. The molecule has 4 heterocycles. The molecule has 1 fully saturated rings. The van der Waals surface area contributed by atoms with Gasteiger partial charge in [-0.1, -0.05) is 13.8 Å². The Morgan fingerprint density at radius 3 is 2.83 bits per heavy atom. The third kappa shape index (κ3) is 3.65. The van der Waals surface area contributed by atoms with E-state index >= 15 is 0 Å². The number of benzene rings is 1. The van der Waals surface area contributed by atoms with Crippen molar-refractivity contribution in [1.82, 2.24) is 19.9 Å². The Labute approximate surface area is 207 Å². The number of rotatable bonds is 3. The van der Waals surface area contributed by atoms with Gasteiger partial charge in [0.1, 0.15) is 18.2 Å². The third-order valence-electron chi connectivity index (χ3n) is 8.10. The van der Waals surface area contributed by atoms with Gasteiger partial charge in [0.15, 0.2) is 5.65 Å². The highest BCUT2D eigenvalue weighted by Gasteiger charge is 2.38. The molecule has 0 spiro atoms. The van der Waals surface area contributed by atoms with Gasteiger partial charge in [0.25, 0.3) is 5.91 Å². The van der Waals surface area contributed by atoms with Gasteiger partial charge in [0.05, 0.1) is 5.52 Å². The first-order valence-corrected chi connectivity index (χ1v) is 12.5. The van der Waals surface area contributed by atoms with Crippen molar-refractivity contribution in [2.45, 2.75) is 51.5 Å². The summed E-state index contributed by atoms with van der Waals surface area (Å²) in [5, 5.41) is 3.40.